The predicted molar refractivity (Wildman–Crippen MR) is 107 cm³/mol. The van der Waals surface area contributed by atoms with E-state index in [1.807, 2.05) is 19.1 Å². The molecule has 0 aliphatic carbocycles. The van der Waals surface area contributed by atoms with E-state index >= 15 is 0 Å². The zero-order chi connectivity index (χ0) is 20.9. The molecule has 2 aromatic carbocycles. The second-order valence-electron chi connectivity index (χ2n) is 6.21. The van der Waals surface area contributed by atoms with Crippen molar-refractivity contribution in [3.05, 3.63) is 58.6 Å². The van der Waals surface area contributed by atoms with E-state index in [9.17, 15) is 18.0 Å². The van der Waals surface area contributed by atoms with Crippen LogP contribution in [0.15, 0.2) is 47.4 Å². The number of amides is 1. The summed E-state index contributed by atoms with van der Waals surface area (Å²) in [6, 6.07) is 10.9. The molecule has 0 unspecified atom stereocenters. The zero-order valence-corrected chi connectivity index (χ0v) is 17.0. The SMILES string of the molecule is CC[C@H](C)c1ccccc1NC(=O)COC(=O)c1ccc(Cl)c(S(N)(=O)=O)c1. The molecule has 28 heavy (non-hydrogen) atoms. The van der Waals surface area contributed by atoms with Crippen LogP contribution in [0.1, 0.15) is 42.1 Å². The van der Waals surface area contributed by atoms with Crippen LogP contribution in [0, 0.1) is 0 Å². The van der Waals surface area contributed by atoms with Crippen LogP contribution in [0.3, 0.4) is 0 Å². The summed E-state index contributed by atoms with van der Waals surface area (Å²) in [6.07, 6.45) is 0.908. The molecule has 0 radical (unpaired) electrons. The average Bonchev–Trinajstić information content (AvgIpc) is 2.65. The summed E-state index contributed by atoms with van der Waals surface area (Å²) in [4.78, 5) is 23.9. The van der Waals surface area contributed by atoms with Crippen molar-refractivity contribution in [2.45, 2.75) is 31.1 Å². The largest absolute Gasteiger partial charge is 0.452 e. The highest BCUT2D eigenvalue weighted by molar-refractivity contribution is 7.89. The fourth-order valence-corrected chi connectivity index (χ4v) is 3.58. The molecule has 0 fully saturated rings. The Kier molecular flexibility index (Phi) is 7.17. The molecule has 0 aliphatic rings. The van der Waals surface area contributed by atoms with Crippen LogP contribution in [0.5, 0.6) is 0 Å². The number of hydrogen-bond acceptors (Lipinski definition) is 5. The minimum Gasteiger partial charge on any atom is -0.452 e. The number of nitrogens with two attached hydrogens (primary N) is 1. The van der Waals surface area contributed by atoms with Crippen LogP contribution < -0.4 is 10.5 Å². The predicted octanol–water partition coefficient (Wildman–Crippen LogP) is 3.30. The molecule has 0 bridgehead atoms. The van der Waals surface area contributed by atoms with Gasteiger partial charge in [-0.15, -0.1) is 0 Å². The van der Waals surface area contributed by atoms with E-state index in [0.717, 1.165) is 18.1 Å². The van der Waals surface area contributed by atoms with Gasteiger partial charge in [-0.2, -0.15) is 0 Å². The van der Waals surface area contributed by atoms with Crippen molar-refractivity contribution in [3.8, 4) is 0 Å². The second kappa shape index (κ2) is 9.18. The van der Waals surface area contributed by atoms with E-state index in [-0.39, 0.29) is 16.5 Å². The molecular formula is C19H21ClN2O5S. The first-order valence-electron chi connectivity index (χ1n) is 8.51. The Morgan fingerprint density at radius 2 is 1.89 bits per heavy atom. The monoisotopic (exact) mass is 424 g/mol. The molecule has 150 valence electrons. The lowest BCUT2D eigenvalue weighted by Crippen LogP contribution is -2.22. The smallest absolute Gasteiger partial charge is 0.338 e. The maximum absolute atomic E-state index is 12.2. The molecule has 0 spiro atoms. The number of sulfonamides is 1. The Hall–Kier alpha value is -2.42. The summed E-state index contributed by atoms with van der Waals surface area (Å²) in [7, 11) is -4.10. The third-order valence-corrected chi connectivity index (χ3v) is 5.58. The fraction of sp³-hybridized carbons (Fsp3) is 0.263. The van der Waals surface area contributed by atoms with Gasteiger partial charge in [0.25, 0.3) is 5.91 Å². The quantitative estimate of drug-likeness (QED) is 0.661. The van der Waals surface area contributed by atoms with E-state index in [0.29, 0.717) is 5.69 Å². The molecule has 1 amide bonds. The van der Waals surface area contributed by atoms with Crippen molar-refractivity contribution in [1.29, 1.82) is 0 Å². The normalized spacial score (nSPS) is 12.3. The third-order valence-electron chi connectivity index (χ3n) is 4.19. The molecule has 0 heterocycles. The van der Waals surface area contributed by atoms with E-state index < -0.39 is 33.4 Å². The van der Waals surface area contributed by atoms with Gasteiger partial charge in [0.15, 0.2) is 6.61 Å². The molecular weight excluding hydrogens is 404 g/mol. The Morgan fingerprint density at radius 1 is 1.21 bits per heavy atom. The van der Waals surface area contributed by atoms with E-state index in [2.05, 4.69) is 12.2 Å². The standard InChI is InChI=1S/C19H21ClN2O5S/c1-3-12(2)14-6-4-5-7-16(14)22-18(23)11-27-19(24)13-8-9-15(20)17(10-13)28(21,25)26/h4-10,12H,3,11H2,1-2H3,(H,22,23)(H2,21,25,26)/t12-/m0/s1. The molecule has 0 saturated carbocycles. The molecule has 3 N–H and O–H groups in total. The molecule has 2 aromatic rings. The number of esters is 1. The Bertz CT molecular complexity index is 992. The summed E-state index contributed by atoms with van der Waals surface area (Å²) in [5, 5.41) is 7.67. The Morgan fingerprint density at radius 3 is 2.54 bits per heavy atom. The number of nitrogens with one attached hydrogen (secondary N) is 1. The molecule has 0 aliphatic heterocycles. The fourth-order valence-electron chi connectivity index (χ4n) is 2.51. The molecule has 0 aromatic heterocycles. The first kappa shape index (κ1) is 21.9. The van der Waals surface area contributed by atoms with Gasteiger partial charge in [-0.05, 0) is 42.2 Å². The summed E-state index contributed by atoms with van der Waals surface area (Å²) in [5.74, 6) is -1.12. The van der Waals surface area contributed by atoms with Gasteiger partial charge in [-0.1, -0.05) is 43.6 Å². The van der Waals surface area contributed by atoms with Gasteiger partial charge >= 0.3 is 5.97 Å². The number of ether oxygens (including phenoxy) is 1. The topological polar surface area (TPSA) is 116 Å². The second-order valence-corrected chi connectivity index (χ2v) is 8.15. The van der Waals surface area contributed by atoms with Crippen LogP contribution in [0.2, 0.25) is 5.02 Å². The van der Waals surface area contributed by atoms with Gasteiger partial charge in [0.1, 0.15) is 4.90 Å². The van der Waals surface area contributed by atoms with Crippen LogP contribution in [0.4, 0.5) is 5.69 Å². The lowest BCUT2D eigenvalue weighted by atomic mass is 9.97. The van der Waals surface area contributed by atoms with Gasteiger partial charge in [-0.3, -0.25) is 4.79 Å². The molecule has 7 nitrogen and oxygen atoms in total. The van der Waals surface area contributed by atoms with Crippen molar-refractivity contribution in [3.63, 3.8) is 0 Å². The van der Waals surface area contributed by atoms with Gasteiger partial charge in [-0.25, -0.2) is 18.4 Å². The highest BCUT2D eigenvalue weighted by Crippen LogP contribution is 2.26. The molecule has 2 rings (SSSR count). The Labute approximate surface area is 168 Å². The first-order chi connectivity index (χ1) is 13.1. The van der Waals surface area contributed by atoms with Gasteiger partial charge < -0.3 is 10.1 Å². The maximum Gasteiger partial charge on any atom is 0.338 e. The minimum atomic E-state index is -4.10. The maximum atomic E-state index is 12.2. The van der Waals surface area contributed by atoms with E-state index in [1.54, 1.807) is 12.1 Å². The lowest BCUT2D eigenvalue weighted by Gasteiger charge is -2.15. The van der Waals surface area contributed by atoms with Gasteiger partial charge in [0.05, 0.1) is 10.6 Å². The lowest BCUT2D eigenvalue weighted by molar-refractivity contribution is -0.119. The van der Waals surface area contributed by atoms with Gasteiger partial charge in [0.2, 0.25) is 10.0 Å². The number of halogens is 1. The number of carbonyl (C=O) groups excluding carboxylic acids is 2. The summed E-state index contributed by atoms with van der Waals surface area (Å²) in [6.45, 7) is 3.57. The number of benzene rings is 2. The van der Waals surface area contributed by atoms with Gasteiger partial charge in [0, 0.05) is 5.69 Å². The van der Waals surface area contributed by atoms with E-state index in [4.69, 9.17) is 21.5 Å². The van der Waals surface area contributed by atoms with Crippen LogP contribution in [0.25, 0.3) is 0 Å². The van der Waals surface area contributed by atoms with Crippen molar-refractivity contribution in [1.82, 2.24) is 0 Å². The summed E-state index contributed by atoms with van der Waals surface area (Å²) < 4.78 is 27.9. The third kappa shape index (κ3) is 5.54. The van der Waals surface area contributed by atoms with Crippen molar-refractivity contribution in [2.75, 3.05) is 11.9 Å². The number of primary sulfonamides is 1. The van der Waals surface area contributed by atoms with Crippen molar-refractivity contribution < 1.29 is 22.7 Å². The van der Waals surface area contributed by atoms with Crippen molar-refractivity contribution in [2.24, 2.45) is 5.14 Å². The highest BCUT2D eigenvalue weighted by atomic mass is 35.5. The van der Waals surface area contributed by atoms with E-state index in [1.165, 1.54) is 12.1 Å². The molecule has 0 saturated heterocycles. The number of anilines is 1. The van der Waals surface area contributed by atoms with Crippen LogP contribution in [-0.4, -0.2) is 26.9 Å². The number of para-hydroxylation sites is 1. The summed E-state index contributed by atoms with van der Waals surface area (Å²) in [5.41, 5.74) is 1.56. The van der Waals surface area contributed by atoms with Crippen LogP contribution in [-0.2, 0) is 19.6 Å². The van der Waals surface area contributed by atoms with Crippen LogP contribution >= 0.6 is 11.6 Å². The number of rotatable bonds is 7. The molecule has 9 heteroatoms. The number of carbonyl (C=O) groups is 2. The Balaban J connectivity index is 2.05. The highest BCUT2D eigenvalue weighted by Gasteiger charge is 2.18. The average molecular weight is 425 g/mol. The minimum absolute atomic E-state index is 0.0822. The summed E-state index contributed by atoms with van der Waals surface area (Å²) >= 11 is 5.78. The molecule has 1 atom stereocenters. The zero-order valence-electron chi connectivity index (χ0n) is 15.4. The van der Waals surface area contributed by atoms with Crippen molar-refractivity contribution >= 4 is 39.2 Å². The first-order valence-corrected chi connectivity index (χ1v) is 10.4. The number of hydrogen-bond donors (Lipinski definition) is 2.